The van der Waals surface area contributed by atoms with E-state index in [1.807, 2.05) is 12.1 Å². The van der Waals surface area contributed by atoms with Crippen LogP contribution in [0.2, 0.25) is 0 Å². The van der Waals surface area contributed by atoms with E-state index in [2.05, 4.69) is 39.6 Å². The minimum absolute atomic E-state index is 0.369. The Hall–Kier alpha value is -1.95. The summed E-state index contributed by atoms with van der Waals surface area (Å²) in [7, 11) is 1.74. The number of rotatable bonds is 9. The molecule has 1 aliphatic heterocycles. The van der Waals surface area contributed by atoms with Crippen LogP contribution in [0.15, 0.2) is 29.3 Å². The minimum Gasteiger partial charge on any atom is -0.495 e. The lowest BCUT2D eigenvalue weighted by molar-refractivity contribution is 0.131. The molecule has 0 bridgehead atoms. The van der Waals surface area contributed by atoms with Crippen LogP contribution in [0.25, 0.3) is 0 Å². The second-order valence-electron chi connectivity index (χ2n) is 7.38. The molecule has 6 nitrogen and oxygen atoms in total. The number of nitrogens with one attached hydrogen (secondary N) is 2. The van der Waals surface area contributed by atoms with E-state index in [0.717, 1.165) is 56.7 Å². The molecule has 0 spiro atoms. The van der Waals surface area contributed by atoms with Gasteiger partial charge >= 0.3 is 0 Å². The number of ether oxygens (including phenoxy) is 2. The fourth-order valence-corrected chi connectivity index (χ4v) is 3.47. The highest BCUT2D eigenvalue weighted by atomic mass is 16.5. The summed E-state index contributed by atoms with van der Waals surface area (Å²) in [5, 5.41) is 6.97. The maximum atomic E-state index is 5.69. The lowest BCUT2D eigenvalue weighted by Crippen LogP contribution is -2.51. The second-order valence-corrected chi connectivity index (χ2v) is 7.38. The van der Waals surface area contributed by atoms with Crippen molar-refractivity contribution in [3.8, 4) is 5.75 Å². The van der Waals surface area contributed by atoms with Crippen molar-refractivity contribution in [2.75, 3.05) is 51.4 Å². The van der Waals surface area contributed by atoms with Gasteiger partial charge in [0.15, 0.2) is 5.96 Å². The van der Waals surface area contributed by atoms with Crippen LogP contribution in [0.1, 0.15) is 32.6 Å². The number of hydrogen-bond donors (Lipinski definition) is 2. The van der Waals surface area contributed by atoms with Gasteiger partial charge in [-0.2, -0.15) is 0 Å². The van der Waals surface area contributed by atoms with E-state index in [1.165, 1.54) is 18.5 Å². The predicted octanol–water partition coefficient (Wildman–Crippen LogP) is 2.65. The average molecular weight is 375 g/mol. The molecule has 2 N–H and O–H groups in total. The Morgan fingerprint density at radius 1 is 1.26 bits per heavy atom. The third-order valence-corrected chi connectivity index (χ3v) is 5.09. The van der Waals surface area contributed by atoms with E-state index in [4.69, 9.17) is 9.47 Å². The zero-order chi connectivity index (χ0) is 18.9. The summed E-state index contributed by atoms with van der Waals surface area (Å²) in [6.45, 7) is 7.26. The highest BCUT2D eigenvalue weighted by Crippen LogP contribution is 2.30. The van der Waals surface area contributed by atoms with Gasteiger partial charge in [0.1, 0.15) is 5.75 Å². The molecule has 2 fully saturated rings. The van der Waals surface area contributed by atoms with Crippen LogP contribution >= 0.6 is 0 Å². The van der Waals surface area contributed by atoms with Crippen molar-refractivity contribution in [3.05, 3.63) is 24.3 Å². The van der Waals surface area contributed by atoms with Crippen LogP contribution in [-0.2, 0) is 4.74 Å². The number of aliphatic imine (C=N–C) groups is 1. The maximum absolute atomic E-state index is 5.69. The Labute approximate surface area is 163 Å². The molecule has 6 heteroatoms. The molecular formula is C21H34N4O2. The van der Waals surface area contributed by atoms with E-state index in [1.54, 1.807) is 7.11 Å². The summed E-state index contributed by atoms with van der Waals surface area (Å²) in [6, 6.07) is 8.62. The van der Waals surface area contributed by atoms with Gasteiger partial charge in [0.2, 0.25) is 0 Å². The summed E-state index contributed by atoms with van der Waals surface area (Å²) < 4.78 is 11.2. The minimum atomic E-state index is 0.369. The lowest BCUT2D eigenvalue weighted by Gasteiger charge is -2.36. The molecule has 150 valence electrons. The van der Waals surface area contributed by atoms with E-state index in [-0.39, 0.29) is 0 Å². The van der Waals surface area contributed by atoms with E-state index < -0.39 is 0 Å². The largest absolute Gasteiger partial charge is 0.495 e. The highest BCUT2D eigenvalue weighted by Gasteiger charge is 2.23. The number of benzene rings is 1. The van der Waals surface area contributed by atoms with Crippen molar-refractivity contribution in [3.63, 3.8) is 0 Å². The first-order valence-electron chi connectivity index (χ1n) is 10.3. The number of nitrogens with zero attached hydrogens (tertiary/aromatic N) is 2. The number of para-hydroxylation sites is 2. The smallest absolute Gasteiger partial charge is 0.191 e. The van der Waals surface area contributed by atoms with Gasteiger partial charge in [0.05, 0.1) is 25.9 Å². The fourth-order valence-electron chi connectivity index (χ4n) is 3.47. The second kappa shape index (κ2) is 10.4. The summed E-state index contributed by atoms with van der Waals surface area (Å²) in [6.07, 6.45) is 4.96. The van der Waals surface area contributed by atoms with Gasteiger partial charge in [0.25, 0.3) is 0 Å². The Morgan fingerprint density at radius 3 is 2.89 bits per heavy atom. The Kier molecular flexibility index (Phi) is 7.63. The van der Waals surface area contributed by atoms with Crippen LogP contribution in [0.4, 0.5) is 5.69 Å². The van der Waals surface area contributed by atoms with Crippen molar-refractivity contribution >= 4 is 11.6 Å². The van der Waals surface area contributed by atoms with E-state index in [9.17, 15) is 0 Å². The normalized spacial score (nSPS) is 20.4. The first kappa shape index (κ1) is 19.8. The van der Waals surface area contributed by atoms with Gasteiger partial charge in [-0.3, -0.25) is 4.99 Å². The third-order valence-electron chi connectivity index (χ3n) is 5.09. The van der Waals surface area contributed by atoms with Gasteiger partial charge < -0.3 is 25.0 Å². The van der Waals surface area contributed by atoms with Gasteiger partial charge in [-0.25, -0.2) is 0 Å². The Bertz CT molecular complexity index is 604. The monoisotopic (exact) mass is 374 g/mol. The van der Waals surface area contributed by atoms with E-state index in [0.29, 0.717) is 19.2 Å². The SMILES string of the molecule is CCNC(=NCCOCC1CC1)NC1CCCN(c2ccccc2OC)C1. The van der Waals surface area contributed by atoms with Crippen LogP contribution in [0, 0.1) is 5.92 Å². The molecule has 0 radical (unpaired) electrons. The summed E-state index contributed by atoms with van der Waals surface area (Å²) in [5.74, 6) is 2.63. The molecule has 1 aliphatic carbocycles. The zero-order valence-electron chi connectivity index (χ0n) is 16.7. The molecule has 1 saturated heterocycles. The molecule has 27 heavy (non-hydrogen) atoms. The number of methoxy groups -OCH3 is 1. The van der Waals surface area contributed by atoms with Gasteiger partial charge in [-0.1, -0.05) is 12.1 Å². The Morgan fingerprint density at radius 2 is 2.11 bits per heavy atom. The van der Waals surface area contributed by atoms with Crippen LogP contribution in [0.5, 0.6) is 5.75 Å². The molecule has 1 unspecified atom stereocenters. The lowest BCUT2D eigenvalue weighted by atomic mass is 10.0. The number of hydrogen-bond acceptors (Lipinski definition) is 4. The van der Waals surface area contributed by atoms with Crippen molar-refractivity contribution in [2.24, 2.45) is 10.9 Å². The van der Waals surface area contributed by atoms with E-state index >= 15 is 0 Å². The molecule has 3 rings (SSSR count). The summed E-state index contributed by atoms with van der Waals surface area (Å²) in [5.41, 5.74) is 1.17. The van der Waals surface area contributed by atoms with Gasteiger partial charge in [0, 0.05) is 32.3 Å². The number of guanidine groups is 1. The third kappa shape index (κ3) is 6.31. The first-order valence-corrected chi connectivity index (χ1v) is 10.3. The van der Waals surface area contributed by atoms with Gasteiger partial charge in [-0.05, 0) is 50.7 Å². The van der Waals surface area contributed by atoms with Crippen molar-refractivity contribution < 1.29 is 9.47 Å². The highest BCUT2D eigenvalue weighted by molar-refractivity contribution is 5.80. The quantitative estimate of drug-likeness (QED) is 0.395. The van der Waals surface area contributed by atoms with Crippen LogP contribution < -0.4 is 20.3 Å². The van der Waals surface area contributed by atoms with Crippen LogP contribution in [0.3, 0.4) is 0 Å². The standard InChI is InChI=1S/C21H34N4O2/c1-3-22-21(23-12-14-27-16-17-10-11-17)24-18-7-6-13-25(15-18)19-8-4-5-9-20(19)26-2/h4-5,8-9,17-18H,3,6-7,10-16H2,1-2H3,(H2,22,23,24). The molecular weight excluding hydrogens is 340 g/mol. The molecule has 1 aromatic carbocycles. The molecule has 1 atom stereocenters. The average Bonchev–Trinajstić information content (AvgIpc) is 3.52. The maximum Gasteiger partial charge on any atom is 0.191 e. The first-order chi connectivity index (χ1) is 13.3. The van der Waals surface area contributed by atoms with Crippen molar-refractivity contribution in [1.29, 1.82) is 0 Å². The van der Waals surface area contributed by atoms with Crippen molar-refractivity contribution in [1.82, 2.24) is 10.6 Å². The molecule has 1 aromatic rings. The summed E-state index contributed by atoms with van der Waals surface area (Å²) in [4.78, 5) is 7.09. The number of anilines is 1. The topological polar surface area (TPSA) is 58.1 Å². The molecule has 2 aliphatic rings. The molecule has 0 aromatic heterocycles. The number of piperidine rings is 1. The van der Waals surface area contributed by atoms with Crippen LogP contribution in [-0.4, -0.2) is 58.5 Å². The summed E-state index contributed by atoms with van der Waals surface area (Å²) >= 11 is 0. The molecule has 1 saturated carbocycles. The Balaban J connectivity index is 1.51. The molecule has 1 heterocycles. The zero-order valence-corrected chi connectivity index (χ0v) is 16.7. The van der Waals surface area contributed by atoms with Gasteiger partial charge in [-0.15, -0.1) is 0 Å². The van der Waals surface area contributed by atoms with Crippen molar-refractivity contribution in [2.45, 2.75) is 38.6 Å². The predicted molar refractivity (Wildman–Crippen MR) is 111 cm³/mol. The molecule has 0 amide bonds. The fraction of sp³-hybridized carbons (Fsp3) is 0.667.